The number of nitrogens with one attached hydrogen (secondary N) is 4. The van der Waals surface area contributed by atoms with Crippen molar-refractivity contribution in [1.29, 1.82) is 10.8 Å². The molecule has 5 unspecified atom stereocenters. The zero-order valence-electron chi connectivity index (χ0n) is 23.6. The Morgan fingerprint density at radius 1 is 1.02 bits per heavy atom. The third-order valence-corrected chi connectivity index (χ3v) is 9.76. The number of nitrogens with zero attached hydrogens (tertiary/aromatic N) is 3. The average molecular weight is 646 g/mol. The Balaban J connectivity index is 1.30. The van der Waals surface area contributed by atoms with Crippen molar-refractivity contribution in [2.24, 2.45) is 17.8 Å². The third kappa shape index (κ3) is 4.58. The third-order valence-electron chi connectivity index (χ3n) is 9.76. The fourth-order valence-corrected chi connectivity index (χ4v) is 7.63. The fraction of sp³-hybridized carbons (Fsp3) is 0.593. The number of halogens is 6. The molecule has 0 aromatic heterocycles. The van der Waals surface area contributed by atoms with Crippen molar-refractivity contribution in [3.8, 4) is 0 Å². The number of guanidine groups is 2. The molecule has 1 aromatic carbocycles. The summed E-state index contributed by atoms with van der Waals surface area (Å²) in [4.78, 5) is 41.8. The van der Waals surface area contributed by atoms with Crippen molar-refractivity contribution in [2.75, 3.05) is 13.1 Å². The van der Waals surface area contributed by atoms with Gasteiger partial charge >= 0.3 is 18.3 Å². The zero-order chi connectivity index (χ0) is 32.8. The monoisotopic (exact) mass is 645 g/mol. The quantitative estimate of drug-likeness (QED) is 0.188. The van der Waals surface area contributed by atoms with E-state index in [1.165, 1.54) is 11.8 Å². The van der Waals surface area contributed by atoms with Crippen LogP contribution in [0.15, 0.2) is 18.2 Å². The number of alkyl halides is 6. The number of fused-ring (bicyclic) bond motifs is 1. The number of carbonyl (C=O) groups is 3. The molecule has 1 saturated carbocycles. The number of amides is 2. The van der Waals surface area contributed by atoms with Crippen LogP contribution in [0.25, 0.3) is 0 Å². The molecule has 45 heavy (non-hydrogen) atoms. The highest BCUT2D eigenvalue weighted by atomic mass is 19.4. The van der Waals surface area contributed by atoms with Crippen molar-refractivity contribution >= 4 is 29.7 Å². The second-order valence-electron chi connectivity index (χ2n) is 12.0. The van der Waals surface area contributed by atoms with E-state index in [0.29, 0.717) is 17.9 Å². The van der Waals surface area contributed by atoms with E-state index >= 15 is 0 Å². The molecule has 244 valence electrons. The molecular formula is C27H29F6N7O5. The molecule has 18 heteroatoms. The van der Waals surface area contributed by atoms with Crippen LogP contribution in [0.2, 0.25) is 0 Å². The lowest BCUT2D eigenvalue weighted by Crippen LogP contribution is -2.76. The highest BCUT2D eigenvalue weighted by Gasteiger charge is 2.70. The Bertz CT molecular complexity index is 1460. The topological polar surface area (TPSA) is 162 Å². The van der Waals surface area contributed by atoms with E-state index in [1.54, 1.807) is 0 Å². The van der Waals surface area contributed by atoms with Crippen LogP contribution in [0.4, 0.5) is 26.3 Å². The van der Waals surface area contributed by atoms with Crippen LogP contribution in [0.5, 0.6) is 0 Å². The van der Waals surface area contributed by atoms with Gasteiger partial charge in [-0.05, 0) is 31.0 Å². The van der Waals surface area contributed by atoms with Gasteiger partial charge in [-0.2, -0.15) is 31.4 Å². The molecule has 1 aromatic rings. The molecule has 4 aliphatic heterocycles. The molecular weight excluding hydrogens is 616 g/mol. The first-order valence-corrected chi connectivity index (χ1v) is 14.3. The number of ether oxygens (including phenoxy) is 1. The van der Waals surface area contributed by atoms with E-state index < -0.39 is 82.6 Å². The standard InChI is InChI=1S/C27H29F6N7O5/c1-11-18(45-22(43)15-8-12(26(28,29)30)6-7-16(15)27(31,32)33)10-39-23(34)36-17(19-25(11,39)40(44)24(35)37-19)9-38-20(41)13-4-2-3-5-14(13)21(38)42/h6-8,11,13-14,17-19,44H,2-5,9-10H2,1H3,(H2,34,36)(H2,35,37)/t11?,13?,14?,17-,18-,19?,25?/m0/s1. The fourth-order valence-electron chi connectivity index (χ4n) is 7.63. The Kier molecular flexibility index (Phi) is 7.02. The summed E-state index contributed by atoms with van der Waals surface area (Å²) in [6, 6.07) is -1.54. The molecule has 12 nitrogen and oxygen atoms in total. The summed E-state index contributed by atoms with van der Waals surface area (Å²) in [6.07, 6.45) is -8.86. The number of rotatable bonds is 4. The number of benzene rings is 1. The maximum atomic E-state index is 13.7. The summed E-state index contributed by atoms with van der Waals surface area (Å²) < 4.78 is 86.5. The lowest BCUT2D eigenvalue weighted by Gasteiger charge is -2.51. The molecule has 0 radical (unpaired) electrons. The van der Waals surface area contributed by atoms with Gasteiger partial charge in [-0.3, -0.25) is 30.5 Å². The Morgan fingerprint density at radius 3 is 2.22 bits per heavy atom. The lowest BCUT2D eigenvalue weighted by atomic mass is 9.81. The van der Waals surface area contributed by atoms with Gasteiger partial charge in [-0.25, -0.2) is 4.79 Å². The van der Waals surface area contributed by atoms with Crippen molar-refractivity contribution in [2.45, 2.75) is 68.8 Å². The minimum absolute atomic E-state index is 0.0612. The summed E-state index contributed by atoms with van der Waals surface area (Å²) >= 11 is 0. The van der Waals surface area contributed by atoms with E-state index in [1.807, 2.05) is 0 Å². The predicted octanol–water partition coefficient (Wildman–Crippen LogP) is 2.58. The highest BCUT2D eigenvalue weighted by molar-refractivity contribution is 6.05. The van der Waals surface area contributed by atoms with Crippen molar-refractivity contribution < 1.29 is 50.7 Å². The van der Waals surface area contributed by atoms with Gasteiger partial charge in [0.25, 0.3) is 0 Å². The van der Waals surface area contributed by atoms with Gasteiger partial charge in [0.1, 0.15) is 6.10 Å². The van der Waals surface area contributed by atoms with Gasteiger partial charge in [-0.1, -0.05) is 19.8 Å². The molecule has 5 N–H and O–H groups in total. The zero-order valence-corrected chi connectivity index (χ0v) is 23.6. The first-order chi connectivity index (χ1) is 21.0. The van der Waals surface area contributed by atoms with Gasteiger partial charge < -0.3 is 20.3 Å². The maximum Gasteiger partial charge on any atom is 0.417 e. The SMILES string of the molecule is CC1[C@@H](OC(=O)c2cc(C(F)(F)F)ccc2C(F)(F)F)CN2C(=N)N[C@@H](CN3C(=O)C4CCCCC4C3=O)C3NC(=N)N(O)C312. The minimum atomic E-state index is -5.19. The molecule has 6 rings (SSSR count). The molecule has 5 aliphatic rings. The van der Waals surface area contributed by atoms with Crippen molar-refractivity contribution in [1.82, 2.24) is 25.5 Å². The normalized spacial score (nSPS) is 33.1. The molecule has 4 saturated heterocycles. The van der Waals surface area contributed by atoms with E-state index in [0.717, 1.165) is 17.7 Å². The number of carbonyl (C=O) groups excluding carboxylic acids is 3. The van der Waals surface area contributed by atoms with Gasteiger partial charge in [0.15, 0.2) is 11.6 Å². The van der Waals surface area contributed by atoms with Crippen LogP contribution in [0, 0.1) is 28.6 Å². The minimum Gasteiger partial charge on any atom is -0.456 e. The molecule has 1 spiro atoms. The summed E-state index contributed by atoms with van der Waals surface area (Å²) in [5.74, 6) is -5.25. The van der Waals surface area contributed by atoms with Crippen LogP contribution in [0.3, 0.4) is 0 Å². The summed E-state index contributed by atoms with van der Waals surface area (Å²) in [5.41, 5.74) is -6.25. The molecule has 4 heterocycles. The van der Waals surface area contributed by atoms with E-state index in [-0.39, 0.29) is 49.1 Å². The molecule has 7 atom stereocenters. The predicted molar refractivity (Wildman–Crippen MR) is 139 cm³/mol. The first-order valence-electron chi connectivity index (χ1n) is 14.3. The van der Waals surface area contributed by atoms with E-state index in [9.17, 15) is 45.9 Å². The van der Waals surface area contributed by atoms with Gasteiger partial charge in [-0.15, -0.1) is 0 Å². The van der Waals surface area contributed by atoms with Crippen LogP contribution < -0.4 is 10.6 Å². The first kappa shape index (κ1) is 30.9. The van der Waals surface area contributed by atoms with Crippen molar-refractivity contribution in [3.63, 3.8) is 0 Å². The maximum absolute atomic E-state index is 13.7. The second kappa shape index (κ2) is 10.2. The van der Waals surface area contributed by atoms with Gasteiger partial charge in [0.2, 0.25) is 17.8 Å². The van der Waals surface area contributed by atoms with E-state index in [2.05, 4.69) is 10.6 Å². The Morgan fingerprint density at radius 2 is 1.64 bits per heavy atom. The molecule has 1 aliphatic carbocycles. The number of likely N-dealkylation sites (tertiary alicyclic amines) is 1. The van der Waals surface area contributed by atoms with Gasteiger partial charge in [0, 0.05) is 5.92 Å². The largest absolute Gasteiger partial charge is 0.456 e. The number of hydrogen-bond acceptors (Lipinski definition) is 7. The van der Waals surface area contributed by atoms with Crippen molar-refractivity contribution in [3.05, 3.63) is 34.9 Å². The number of hydrogen-bond donors (Lipinski definition) is 5. The Hall–Kier alpha value is -4.09. The summed E-state index contributed by atoms with van der Waals surface area (Å²) in [7, 11) is 0. The van der Waals surface area contributed by atoms with E-state index in [4.69, 9.17) is 15.6 Å². The van der Waals surface area contributed by atoms with Gasteiger partial charge in [0.05, 0.1) is 53.7 Å². The van der Waals surface area contributed by atoms with Crippen LogP contribution >= 0.6 is 0 Å². The summed E-state index contributed by atoms with van der Waals surface area (Å²) in [5, 5.41) is 34.3. The molecule has 2 amide bonds. The smallest absolute Gasteiger partial charge is 0.417 e. The Labute approximate surface area is 251 Å². The molecule has 5 fully saturated rings. The number of hydroxylamine groups is 2. The highest BCUT2D eigenvalue weighted by Crippen LogP contribution is 2.48. The number of esters is 1. The second-order valence-corrected chi connectivity index (χ2v) is 12.0. The number of imide groups is 1. The van der Waals surface area contributed by atoms with Crippen LogP contribution in [-0.2, 0) is 26.7 Å². The average Bonchev–Trinajstić information content (AvgIpc) is 3.51. The lowest BCUT2D eigenvalue weighted by molar-refractivity contribution is -0.170. The molecule has 0 bridgehead atoms. The van der Waals surface area contributed by atoms with Crippen LogP contribution in [-0.4, -0.2) is 86.7 Å². The summed E-state index contributed by atoms with van der Waals surface area (Å²) in [6.45, 7) is 0.833. The van der Waals surface area contributed by atoms with Crippen LogP contribution in [0.1, 0.15) is 54.1 Å².